The summed E-state index contributed by atoms with van der Waals surface area (Å²) in [5.41, 5.74) is 2.21. The third-order valence-electron chi connectivity index (χ3n) is 3.17. The number of aromatic nitrogens is 2. The van der Waals surface area contributed by atoms with Gasteiger partial charge in [0.25, 0.3) is 0 Å². The first-order chi connectivity index (χ1) is 10.3. The summed E-state index contributed by atoms with van der Waals surface area (Å²) in [6.45, 7) is 5.73. The number of anilines is 1. The van der Waals surface area contributed by atoms with Crippen LogP contribution in [-0.4, -0.2) is 16.5 Å². The molecule has 1 N–H and O–H groups in total. The van der Waals surface area contributed by atoms with E-state index in [1.54, 1.807) is 6.33 Å². The Bertz CT molecular complexity index is 543. The molecular weight excluding hydrogens is 262 g/mol. The van der Waals surface area contributed by atoms with Gasteiger partial charge in [0.05, 0.1) is 5.56 Å². The molecule has 0 unspecified atom stereocenters. The minimum absolute atomic E-state index is 0.530. The smallest absolute Gasteiger partial charge is 0.222 e. The Hall–Kier alpha value is -2.10. The van der Waals surface area contributed by atoms with Gasteiger partial charge in [-0.2, -0.15) is 0 Å². The number of hydrogen-bond donors (Lipinski definition) is 1. The Morgan fingerprint density at radius 3 is 2.57 bits per heavy atom. The number of ether oxygens (including phenoxy) is 1. The molecule has 4 nitrogen and oxygen atoms in total. The predicted molar refractivity (Wildman–Crippen MR) is 85.6 cm³/mol. The highest BCUT2D eigenvalue weighted by Crippen LogP contribution is 2.24. The molecule has 112 valence electrons. The molecule has 0 spiro atoms. The van der Waals surface area contributed by atoms with Gasteiger partial charge in [-0.05, 0) is 18.4 Å². The van der Waals surface area contributed by atoms with Crippen molar-refractivity contribution in [1.29, 1.82) is 0 Å². The SMILES string of the molecule is CCCNc1ncnc(OCc2ccccc2)c1CCC. The molecule has 0 aliphatic carbocycles. The minimum atomic E-state index is 0.530. The quantitative estimate of drug-likeness (QED) is 0.800. The van der Waals surface area contributed by atoms with E-state index in [1.807, 2.05) is 18.2 Å². The molecule has 0 aliphatic heterocycles. The van der Waals surface area contributed by atoms with Crippen LogP contribution in [0.5, 0.6) is 5.88 Å². The summed E-state index contributed by atoms with van der Waals surface area (Å²) in [6, 6.07) is 10.1. The van der Waals surface area contributed by atoms with Gasteiger partial charge in [0.1, 0.15) is 18.8 Å². The molecule has 1 aromatic heterocycles. The second-order valence-electron chi connectivity index (χ2n) is 4.96. The highest BCUT2D eigenvalue weighted by atomic mass is 16.5. The summed E-state index contributed by atoms with van der Waals surface area (Å²) in [6.07, 6.45) is 4.58. The molecule has 4 heteroatoms. The normalized spacial score (nSPS) is 10.4. The van der Waals surface area contributed by atoms with Gasteiger partial charge in [-0.15, -0.1) is 0 Å². The van der Waals surface area contributed by atoms with Crippen LogP contribution in [0.2, 0.25) is 0 Å². The van der Waals surface area contributed by atoms with Crippen molar-refractivity contribution in [2.24, 2.45) is 0 Å². The van der Waals surface area contributed by atoms with Crippen LogP contribution in [0, 0.1) is 0 Å². The standard InChI is InChI=1S/C17H23N3O/c1-3-8-15-16(18-11-4-2)19-13-20-17(15)21-12-14-9-6-5-7-10-14/h5-7,9-10,13H,3-4,8,11-12H2,1-2H3,(H,18,19,20). The van der Waals surface area contributed by atoms with Crippen molar-refractivity contribution in [3.8, 4) is 5.88 Å². The zero-order valence-electron chi connectivity index (χ0n) is 12.8. The third kappa shape index (κ3) is 4.45. The van der Waals surface area contributed by atoms with Crippen molar-refractivity contribution < 1.29 is 4.74 Å². The first kappa shape index (κ1) is 15.3. The topological polar surface area (TPSA) is 47.0 Å². The molecule has 0 bridgehead atoms. The number of nitrogens with zero attached hydrogens (tertiary/aromatic N) is 2. The van der Waals surface area contributed by atoms with Gasteiger partial charge in [0.2, 0.25) is 5.88 Å². The molecule has 1 heterocycles. The minimum Gasteiger partial charge on any atom is -0.472 e. The van der Waals surface area contributed by atoms with E-state index >= 15 is 0 Å². The van der Waals surface area contributed by atoms with E-state index in [0.717, 1.165) is 42.8 Å². The van der Waals surface area contributed by atoms with Crippen LogP contribution in [-0.2, 0) is 13.0 Å². The molecule has 2 rings (SSSR count). The fraction of sp³-hybridized carbons (Fsp3) is 0.412. The van der Waals surface area contributed by atoms with E-state index in [4.69, 9.17) is 4.74 Å². The van der Waals surface area contributed by atoms with E-state index in [1.165, 1.54) is 0 Å². The van der Waals surface area contributed by atoms with Gasteiger partial charge in [-0.25, -0.2) is 9.97 Å². The number of nitrogens with one attached hydrogen (secondary N) is 1. The van der Waals surface area contributed by atoms with Crippen LogP contribution in [0.15, 0.2) is 36.7 Å². The van der Waals surface area contributed by atoms with Crippen LogP contribution in [0.4, 0.5) is 5.82 Å². The lowest BCUT2D eigenvalue weighted by atomic mass is 10.1. The second-order valence-corrected chi connectivity index (χ2v) is 4.96. The zero-order valence-corrected chi connectivity index (χ0v) is 12.8. The van der Waals surface area contributed by atoms with Crippen molar-refractivity contribution in [3.63, 3.8) is 0 Å². The van der Waals surface area contributed by atoms with Gasteiger partial charge in [0.15, 0.2) is 0 Å². The average Bonchev–Trinajstić information content (AvgIpc) is 2.53. The van der Waals surface area contributed by atoms with Crippen LogP contribution >= 0.6 is 0 Å². The van der Waals surface area contributed by atoms with E-state index in [2.05, 4.69) is 41.3 Å². The van der Waals surface area contributed by atoms with Gasteiger partial charge in [-0.3, -0.25) is 0 Å². The van der Waals surface area contributed by atoms with Gasteiger partial charge >= 0.3 is 0 Å². The fourth-order valence-corrected chi connectivity index (χ4v) is 2.12. The molecule has 0 fully saturated rings. The molecule has 0 saturated heterocycles. The molecule has 2 aromatic rings. The van der Waals surface area contributed by atoms with Crippen molar-refractivity contribution in [2.75, 3.05) is 11.9 Å². The maximum atomic E-state index is 5.91. The Morgan fingerprint density at radius 1 is 1.05 bits per heavy atom. The maximum absolute atomic E-state index is 5.91. The molecular formula is C17H23N3O. The van der Waals surface area contributed by atoms with Crippen LogP contribution in [0.1, 0.15) is 37.8 Å². The van der Waals surface area contributed by atoms with E-state index < -0.39 is 0 Å². The second kappa shape index (κ2) is 8.25. The largest absolute Gasteiger partial charge is 0.472 e. The predicted octanol–water partition coefficient (Wildman–Crippen LogP) is 3.83. The number of rotatable bonds is 8. The summed E-state index contributed by atoms with van der Waals surface area (Å²) in [7, 11) is 0. The highest BCUT2D eigenvalue weighted by molar-refractivity contribution is 5.48. The maximum Gasteiger partial charge on any atom is 0.222 e. The Kier molecular flexibility index (Phi) is 6.00. The number of benzene rings is 1. The summed E-state index contributed by atoms with van der Waals surface area (Å²) < 4.78 is 5.91. The molecule has 1 aromatic carbocycles. The lowest BCUT2D eigenvalue weighted by Gasteiger charge is -2.14. The van der Waals surface area contributed by atoms with E-state index in [9.17, 15) is 0 Å². The molecule has 0 aliphatic rings. The van der Waals surface area contributed by atoms with Crippen LogP contribution < -0.4 is 10.1 Å². The van der Waals surface area contributed by atoms with Crippen molar-refractivity contribution in [3.05, 3.63) is 47.8 Å². The molecule has 21 heavy (non-hydrogen) atoms. The molecule has 0 saturated carbocycles. The Balaban J connectivity index is 2.13. The molecule has 0 atom stereocenters. The monoisotopic (exact) mass is 285 g/mol. The van der Waals surface area contributed by atoms with E-state index in [0.29, 0.717) is 12.5 Å². The van der Waals surface area contributed by atoms with Crippen LogP contribution in [0.3, 0.4) is 0 Å². The summed E-state index contributed by atoms with van der Waals surface area (Å²) in [5, 5.41) is 3.36. The van der Waals surface area contributed by atoms with Crippen molar-refractivity contribution >= 4 is 5.82 Å². The molecule has 0 amide bonds. The first-order valence-corrected chi connectivity index (χ1v) is 7.59. The van der Waals surface area contributed by atoms with Gasteiger partial charge in [-0.1, -0.05) is 50.6 Å². The van der Waals surface area contributed by atoms with Gasteiger partial charge in [0, 0.05) is 6.54 Å². The highest BCUT2D eigenvalue weighted by Gasteiger charge is 2.11. The molecule has 0 radical (unpaired) electrons. The summed E-state index contributed by atoms with van der Waals surface area (Å²) in [4.78, 5) is 8.66. The fourth-order valence-electron chi connectivity index (χ4n) is 2.12. The lowest BCUT2D eigenvalue weighted by Crippen LogP contribution is -2.09. The van der Waals surface area contributed by atoms with Crippen molar-refractivity contribution in [1.82, 2.24) is 9.97 Å². The summed E-state index contributed by atoms with van der Waals surface area (Å²) in [5.74, 6) is 1.59. The number of hydrogen-bond acceptors (Lipinski definition) is 4. The average molecular weight is 285 g/mol. The zero-order chi connectivity index (χ0) is 14.9. The summed E-state index contributed by atoms with van der Waals surface area (Å²) >= 11 is 0. The third-order valence-corrected chi connectivity index (χ3v) is 3.17. The Morgan fingerprint density at radius 2 is 1.86 bits per heavy atom. The van der Waals surface area contributed by atoms with Gasteiger partial charge < -0.3 is 10.1 Å². The lowest BCUT2D eigenvalue weighted by molar-refractivity contribution is 0.290. The van der Waals surface area contributed by atoms with E-state index in [-0.39, 0.29) is 0 Å². The van der Waals surface area contributed by atoms with Crippen molar-refractivity contribution in [2.45, 2.75) is 39.7 Å². The first-order valence-electron chi connectivity index (χ1n) is 7.59. The van der Waals surface area contributed by atoms with Crippen LogP contribution in [0.25, 0.3) is 0 Å². The Labute approximate surface area is 126 Å².